The number of Topliss-reactive ketones (excluding diaryl/α,β-unsaturated/α-hetero) is 1. The molecule has 32 heavy (non-hydrogen) atoms. The van der Waals surface area contributed by atoms with Crippen molar-refractivity contribution >= 4 is 17.4 Å². The van der Waals surface area contributed by atoms with Crippen LogP contribution in [0.15, 0.2) is 90.5 Å². The minimum absolute atomic E-state index is 0.0194. The highest BCUT2D eigenvalue weighted by atomic mass is 16.3. The molecular formula is C28H27NO3. The minimum Gasteiger partial charge on any atom is -0.507 e. The Morgan fingerprint density at radius 2 is 1.41 bits per heavy atom. The van der Waals surface area contributed by atoms with Gasteiger partial charge in [0.15, 0.2) is 0 Å². The van der Waals surface area contributed by atoms with E-state index in [0.29, 0.717) is 5.56 Å². The van der Waals surface area contributed by atoms with Crippen LogP contribution in [0.2, 0.25) is 0 Å². The van der Waals surface area contributed by atoms with E-state index in [4.69, 9.17) is 0 Å². The van der Waals surface area contributed by atoms with Crippen LogP contribution < -0.4 is 0 Å². The molecule has 1 heterocycles. The summed E-state index contributed by atoms with van der Waals surface area (Å²) in [6.07, 6.45) is 0. The molecule has 0 saturated carbocycles. The van der Waals surface area contributed by atoms with Gasteiger partial charge in [-0.2, -0.15) is 0 Å². The molecular weight excluding hydrogens is 398 g/mol. The highest BCUT2D eigenvalue weighted by molar-refractivity contribution is 6.46. The molecule has 3 aromatic rings. The van der Waals surface area contributed by atoms with Crippen molar-refractivity contribution in [2.75, 3.05) is 0 Å². The number of carbonyl (C=O) groups excluding carboxylic acids is 2. The molecule has 0 bridgehead atoms. The van der Waals surface area contributed by atoms with E-state index in [1.165, 1.54) is 0 Å². The van der Waals surface area contributed by atoms with E-state index in [-0.39, 0.29) is 23.3 Å². The Morgan fingerprint density at radius 3 is 1.97 bits per heavy atom. The zero-order valence-electron chi connectivity index (χ0n) is 18.6. The summed E-state index contributed by atoms with van der Waals surface area (Å²) in [7, 11) is 0. The fourth-order valence-corrected chi connectivity index (χ4v) is 4.09. The lowest BCUT2D eigenvalue weighted by atomic mass is 9.85. The third kappa shape index (κ3) is 4.09. The quantitative estimate of drug-likeness (QED) is 0.336. The summed E-state index contributed by atoms with van der Waals surface area (Å²) in [4.78, 5) is 27.8. The minimum atomic E-state index is -0.663. The lowest BCUT2D eigenvalue weighted by molar-refractivity contribution is -0.140. The number of hydrogen-bond donors (Lipinski definition) is 1. The molecule has 0 aromatic heterocycles. The molecule has 0 spiro atoms. The number of aliphatic hydroxyl groups is 1. The number of amides is 1. The van der Waals surface area contributed by atoms with Gasteiger partial charge < -0.3 is 10.0 Å². The summed E-state index contributed by atoms with van der Waals surface area (Å²) in [5.74, 6) is -1.41. The van der Waals surface area contributed by atoms with Gasteiger partial charge in [0, 0.05) is 12.1 Å². The van der Waals surface area contributed by atoms with Crippen LogP contribution >= 0.6 is 0 Å². The smallest absolute Gasteiger partial charge is 0.295 e. The van der Waals surface area contributed by atoms with Crippen molar-refractivity contribution in [1.82, 2.24) is 4.90 Å². The zero-order valence-corrected chi connectivity index (χ0v) is 18.6. The predicted molar refractivity (Wildman–Crippen MR) is 126 cm³/mol. The number of hydrogen-bond acceptors (Lipinski definition) is 3. The Bertz CT molecular complexity index is 1160. The standard InChI is InChI=1S/C28H27NO3/c1-28(2,3)22-16-14-20(15-17-22)24-23(25(30)21-12-8-5-9-13-21)26(31)27(32)29(24)18-19-10-6-4-7-11-19/h4-17,24,30H,18H2,1-3H3/b25-23+. The molecule has 1 aliphatic rings. The largest absolute Gasteiger partial charge is 0.507 e. The molecule has 3 aromatic carbocycles. The summed E-state index contributed by atoms with van der Waals surface area (Å²) in [5.41, 5.74) is 3.50. The van der Waals surface area contributed by atoms with Gasteiger partial charge in [0.05, 0.1) is 11.6 Å². The molecule has 1 saturated heterocycles. The van der Waals surface area contributed by atoms with Crippen LogP contribution in [-0.2, 0) is 21.5 Å². The maximum Gasteiger partial charge on any atom is 0.295 e. The first-order valence-electron chi connectivity index (χ1n) is 10.8. The van der Waals surface area contributed by atoms with Crippen molar-refractivity contribution in [3.8, 4) is 0 Å². The number of ketones is 1. The van der Waals surface area contributed by atoms with Crippen molar-refractivity contribution in [3.05, 3.63) is 113 Å². The van der Waals surface area contributed by atoms with Crippen molar-refractivity contribution in [2.24, 2.45) is 0 Å². The summed E-state index contributed by atoms with van der Waals surface area (Å²) >= 11 is 0. The highest BCUT2D eigenvalue weighted by Gasteiger charge is 2.46. The van der Waals surface area contributed by atoms with Crippen LogP contribution in [0.1, 0.15) is 49.1 Å². The van der Waals surface area contributed by atoms with Crippen molar-refractivity contribution in [2.45, 2.75) is 38.8 Å². The summed E-state index contributed by atoms with van der Waals surface area (Å²) < 4.78 is 0. The Kier molecular flexibility index (Phi) is 5.70. The van der Waals surface area contributed by atoms with Gasteiger partial charge in [0.25, 0.3) is 11.7 Å². The first-order valence-corrected chi connectivity index (χ1v) is 10.8. The molecule has 1 unspecified atom stereocenters. The van der Waals surface area contributed by atoms with Gasteiger partial charge in [-0.15, -0.1) is 0 Å². The number of rotatable bonds is 4. The Balaban J connectivity index is 1.85. The molecule has 1 atom stereocenters. The van der Waals surface area contributed by atoms with Gasteiger partial charge in [-0.05, 0) is 22.1 Å². The van der Waals surface area contributed by atoms with E-state index >= 15 is 0 Å². The van der Waals surface area contributed by atoms with Gasteiger partial charge in [0.1, 0.15) is 5.76 Å². The number of aliphatic hydroxyl groups excluding tert-OH is 1. The van der Waals surface area contributed by atoms with E-state index in [9.17, 15) is 14.7 Å². The fourth-order valence-electron chi connectivity index (χ4n) is 4.09. The van der Waals surface area contributed by atoms with Gasteiger partial charge in [-0.1, -0.05) is 106 Å². The Labute approximate surface area is 188 Å². The van der Waals surface area contributed by atoms with Crippen LogP contribution in [0.3, 0.4) is 0 Å². The zero-order chi connectivity index (χ0) is 22.9. The monoisotopic (exact) mass is 425 g/mol. The van der Waals surface area contributed by atoms with Crippen molar-refractivity contribution < 1.29 is 14.7 Å². The Hall–Kier alpha value is -3.66. The highest BCUT2D eigenvalue weighted by Crippen LogP contribution is 2.40. The lowest BCUT2D eigenvalue weighted by Gasteiger charge is -2.26. The van der Waals surface area contributed by atoms with E-state index in [0.717, 1.165) is 16.7 Å². The van der Waals surface area contributed by atoms with E-state index in [2.05, 4.69) is 20.8 Å². The number of nitrogens with zero attached hydrogens (tertiary/aromatic N) is 1. The van der Waals surface area contributed by atoms with Crippen LogP contribution in [0.5, 0.6) is 0 Å². The van der Waals surface area contributed by atoms with Crippen molar-refractivity contribution in [3.63, 3.8) is 0 Å². The lowest BCUT2D eigenvalue weighted by Crippen LogP contribution is -2.29. The molecule has 1 aliphatic heterocycles. The van der Waals surface area contributed by atoms with Gasteiger partial charge in [-0.3, -0.25) is 9.59 Å². The van der Waals surface area contributed by atoms with Crippen LogP contribution in [-0.4, -0.2) is 21.7 Å². The molecule has 0 radical (unpaired) electrons. The fraction of sp³-hybridized carbons (Fsp3) is 0.214. The molecule has 1 amide bonds. The van der Waals surface area contributed by atoms with Gasteiger partial charge in [-0.25, -0.2) is 0 Å². The average Bonchev–Trinajstić information content (AvgIpc) is 3.04. The topological polar surface area (TPSA) is 57.6 Å². The van der Waals surface area contributed by atoms with Gasteiger partial charge in [0.2, 0.25) is 0 Å². The molecule has 1 N–H and O–H groups in total. The summed E-state index contributed by atoms with van der Waals surface area (Å²) in [5, 5.41) is 11.1. The average molecular weight is 426 g/mol. The molecule has 4 heteroatoms. The normalized spacial score (nSPS) is 18.2. The van der Waals surface area contributed by atoms with E-state index in [1.807, 2.05) is 60.7 Å². The first kappa shape index (κ1) is 21.6. The SMILES string of the molecule is CC(C)(C)c1ccc(C2/C(=C(\O)c3ccccc3)C(=O)C(=O)N2Cc2ccccc2)cc1. The Morgan fingerprint density at radius 1 is 0.844 bits per heavy atom. The molecule has 1 fully saturated rings. The molecule has 0 aliphatic carbocycles. The third-order valence-corrected chi connectivity index (χ3v) is 5.88. The number of benzene rings is 3. The van der Waals surface area contributed by atoms with Gasteiger partial charge >= 0.3 is 0 Å². The second-order valence-corrected chi connectivity index (χ2v) is 9.15. The first-order chi connectivity index (χ1) is 15.3. The maximum atomic E-state index is 13.1. The number of likely N-dealkylation sites (tertiary alicyclic amines) is 1. The van der Waals surface area contributed by atoms with Crippen LogP contribution in [0.4, 0.5) is 0 Å². The van der Waals surface area contributed by atoms with E-state index < -0.39 is 17.7 Å². The second kappa shape index (κ2) is 8.46. The third-order valence-electron chi connectivity index (χ3n) is 5.88. The summed E-state index contributed by atoms with van der Waals surface area (Å²) in [6, 6.07) is 25.8. The van der Waals surface area contributed by atoms with Crippen LogP contribution in [0, 0.1) is 0 Å². The maximum absolute atomic E-state index is 13.1. The van der Waals surface area contributed by atoms with Crippen LogP contribution in [0.25, 0.3) is 5.76 Å². The predicted octanol–water partition coefficient (Wildman–Crippen LogP) is 5.61. The second-order valence-electron chi connectivity index (χ2n) is 9.15. The molecule has 4 rings (SSSR count). The molecule has 4 nitrogen and oxygen atoms in total. The summed E-state index contributed by atoms with van der Waals surface area (Å²) in [6.45, 7) is 6.69. The van der Waals surface area contributed by atoms with E-state index in [1.54, 1.807) is 29.2 Å². The van der Waals surface area contributed by atoms with Crippen molar-refractivity contribution in [1.29, 1.82) is 0 Å². The molecule has 162 valence electrons. The number of carbonyl (C=O) groups is 2.